The molecule has 43 heavy (non-hydrogen) atoms. The van der Waals surface area contributed by atoms with E-state index in [2.05, 4.69) is 133 Å². The van der Waals surface area contributed by atoms with E-state index in [9.17, 15) is 0 Å². The quantitative estimate of drug-likeness (QED) is 0.207. The summed E-state index contributed by atoms with van der Waals surface area (Å²) in [6.07, 6.45) is 9.59. The molecule has 204 valence electrons. The van der Waals surface area contributed by atoms with Gasteiger partial charge in [-0.1, -0.05) is 121 Å². The van der Waals surface area contributed by atoms with E-state index in [4.69, 9.17) is 15.0 Å². The van der Waals surface area contributed by atoms with Crippen LogP contribution in [0, 0.1) is 0 Å². The minimum absolute atomic E-state index is 0.244. The highest BCUT2D eigenvalue weighted by Gasteiger charge is 2.16. The number of thiazole rings is 1. The second kappa shape index (κ2) is 10.9. The molecule has 0 spiro atoms. The van der Waals surface area contributed by atoms with Crippen LogP contribution in [0.25, 0.3) is 65.3 Å². The van der Waals surface area contributed by atoms with Crippen LogP contribution >= 0.6 is 11.3 Å². The molecule has 0 saturated carbocycles. The molecule has 3 nitrogen and oxygen atoms in total. The molecular weight excluding hydrogens is 543 g/mol. The van der Waals surface area contributed by atoms with E-state index < -0.39 is 0 Å². The van der Waals surface area contributed by atoms with E-state index in [1.807, 2.05) is 12.1 Å². The topological polar surface area (TPSA) is 38.7 Å². The average Bonchev–Trinajstić information content (AvgIpc) is 3.54. The van der Waals surface area contributed by atoms with Crippen LogP contribution in [0.3, 0.4) is 0 Å². The van der Waals surface area contributed by atoms with Crippen LogP contribution in [0.5, 0.6) is 0 Å². The van der Waals surface area contributed by atoms with Gasteiger partial charge in [-0.2, -0.15) is 0 Å². The minimum Gasteiger partial charge on any atom is -0.235 e. The maximum absolute atomic E-state index is 5.08. The van der Waals surface area contributed by atoms with Crippen molar-refractivity contribution in [2.45, 2.75) is 12.3 Å². The van der Waals surface area contributed by atoms with Gasteiger partial charge in [0.1, 0.15) is 5.01 Å². The molecule has 7 aromatic rings. The molecule has 0 N–H and O–H groups in total. The number of fused-ring (bicyclic) bond motifs is 2. The van der Waals surface area contributed by atoms with Crippen LogP contribution < -0.4 is 0 Å². The number of hydrogen-bond donors (Lipinski definition) is 0. The molecule has 0 radical (unpaired) electrons. The Balaban J connectivity index is 1.19. The zero-order valence-electron chi connectivity index (χ0n) is 23.4. The van der Waals surface area contributed by atoms with Gasteiger partial charge in [0.2, 0.25) is 0 Å². The van der Waals surface area contributed by atoms with Gasteiger partial charge in [-0.05, 0) is 47.0 Å². The predicted octanol–water partition coefficient (Wildman–Crippen LogP) is 10.5. The number of allylic oxidation sites excluding steroid dienone is 4. The lowest BCUT2D eigenvalue weighted by Crippen LogP contribution is -2.04. The average molecular weight is 570 g/mol. The highest BCUT2D eigenvalue weighted by atomic mass is 32.1. The predicted molar refractivity (Wildman–Crippen MR) is 180 cm³/mol. The van der Waals surface area contributed by atoms with Crippen molar-refractivity contribution in [3.05, 3.63) is 151 Å². The highest BCUT2D eigenvalue weighted by Crippen LogP contribution is 2.37. The van der Waals surface area contributed by atoms with E-state index in [0.29, 0.717) is 0 Å². The Morgan fingerprint density at radius 3 is 2.09 bits per heavy atom. The molecule has 4 heteroatoms. The van der Waals surface area contributed by atoms with E-state index in [1.54, 1.807) is 11.3 Å². The normalized spacial score (nSPS) is 14.5. The van der Waals surface area contributed by atoms with E-state index in [-0.39, 0.29) is 5.92 Å². The third kappa shape index (κ3) is 4.96. The van der Waals surface area contributed by atoms with Crippen molar-refractivity contribution in [1.29, 1.82) is 0 Å². The van der Waals surface area contributed by atoms with Gasteiger partial charge in [0.15, 0.2) is 5.82 Å². The summed E-state index contributed by atoms with van der Waals surface area (Å²) < 4.78 is 1.20. The first kappa shape index (κ1) is 25.5. The molecule has 2 aromatic heterocycles. The second-order valence-electron chi connectivity index (χ2n) is 10.8. The first-order valence-electron chi connectivity index (χ1n) is 14.6. The standard InChI is InChI=1S/C39H27N3S/c1-4-11-26(12-5-1)34-25-35(27-13-6-2-7-14-27)41-38(40-34)32-22-20-29-23-31(21-19-30(29)24-32)33-17-10-18-36-37(33)42-39(43-36)28-15-8-3-9-16-28/h1-13,15-25,27H,14H2. The monoisotopic (exact) mass is 569 g/mol. The Kier molecular flexibility index (Phi) is 6.47. The van der Waals surface area contributed by atoms with Crippen LogP contribution in [-0.4, -0.2) is 15.0 Å². The maximum atomic E-state index is 5.08. The molecule has 1 aliphatic carbocycles. The van der Waals surface area contributed by atoms with E-state index in [0.717, 1.165) is 67.4 Å². The van der Waals surface area contributed by atoms with Crippen LogP contribution in [0.1, 0.15) is 18.0 Å². The number of hydrogen-bond acceptors (Lipinski definition) is 4. The lowest BCUT2D eigenvalue weighted by atomic mass is 9.95. The number of para-hydroxylation sites is 1. The van der Waals surface area contributed by atoms with E-state index in [1.165, 1.54) is 10.1 Å². The summed E-state index contributed by atoms with van der Waals surface area (Å²) in [6, 6.07) is 42.6. The zero-order valence-corrected chi connectivity index (χ0v) is 24.2. The first-order valence-corrected chi connectivity index (χ1v) is 15.4. The molecule has 8 rings (SSSR count). The van der Waals surface area contributed by atoms with Gasteiger partial charge in [0.25, 0.3) is 0 Å². The fourth-order valence-corrected chi connectivity index (χ4v) is 6.78. The Morgan fingerprint density at radius 1 is 0.581 bits per heavy atom. The third-order valence-corrected chi connectivity index (χ3v) is 9.09. The summed E-state index contributed by atoms with van der Waals surface area (Å²) in [5, 5.41) is 3.38. The SMILES string of the molecule is C1=CCC(c2cc(-c3ccccc3)nc(-c3ccc4cc(-c5cccc6sc(-c7ccccc7)nc56)ccc4c3)n2)C=C1. The molecule has 1 aliphatic rings. The Morgan fingerprint density at radius 2 is 1.33 bits per heavy atom. The minimum atomic E-state index is 0.244. The fraction of sp³-hybridized carbons (Fsp3) is 0.0513. The number of benzene rings is 5. The molecule has 0 aliphatic heterocycles. The summed E-state index contributed by atoms with van der Waals surface area (Å²) in [5.41, 5.74) is 8.63. The molecule has 1 unspecified atom stereocenters. The van der Waals surface area contributed by atoms with E-state index >= 15 is 0 Å². The summed E-state index contributed by atoms with van der Waals surface area (Å²) in [4.78, 5) is 15.2. The lowest BCUT2D eigenvalue weighted by Gasteiger charge is -2.15. The summed E-state index contributed by atoms with van der Waals surface area (Å²) >= 11 is 1.74. The summed E-state index contributed by atoms with van der Waals surface area (Å²) in [6.45, 7) is 0. The number of aromatic nitrogens is 3. The molecule has 1 atom stereocenters. The highest BCUT2D eigenvalue weighted by molar-refractivity contribution is 7.21. The van der Waals surface area contributed by atoms with Gasteiger partial charge in [-0.15, -0.1) is 11.3 Å². The number of nitrogens with zero attached hydrogens (tertiary/aromatic N) is 3. The van der Waals surface area contributed by atoms with Crippen LogP contribution in [0.2, 0.25) is 0 Å². The van der Waals surface area contributed by atoms with Gasteiger partial charge in [0, 0.05) is 28.2 Å². The first-order chi connectivity index (χ1) is 21.3. The molecule has 0 saturated heterocycles. The van der Waals surface area contributed by atoms with Crippen molar-refractivity contribution in [1.82, 2.24) is 15.0 Å². The molecule has 0 amide bonds. The van der Waals surface area contributed by atoms with Gasteiger partial charge in [-0.3, -0.25) is 0 Å². The van der Waals surface area contributed by atoms with Crippen LogP contribution in [0.4, 0.5) is 0 Å². The second-order valence-corrected chi connectivity index (χ2v) is 11.9. The van der Waals surface area contributed by atoms with Gasteiger partial charge in [0.05, 0.1) is 21.6 Å². The smallest absolute Gasteiger partial charge is 0.160 e. The number of rotatable bonds is 5. The molecule has 2 heterocycles. The van der Waals surface area contributed by atoms with Gasteiger partial charge < -0.3 is 0 Å². The summed E-state index contributed by atoms with van der Waals surface area (Å²) in [5.74, 6) is 0.999. The van der Waals surface area contributed by atoms with Crippen molar-refractivity contribution in [2.24, 2.45) is 0 Å². The molecular formula is C39H27N3S. The maximum Gasteiger partial charge on any atom is 0.160 e. The van der Waals surface area contributed by atoms with Gasteiger partial charge >= 0.3 is 0 Å². The summed E-state index contributed by atoms with van der Waals surface area (Å²) in [7, 11) is 0. The molecule has 0 fully saturated rings. The van der Waals surface area contributed by atoms with Crippen LogP contribution in [-0.2, 0) is 0 Å². The van der Waals surface area contributed by atoms with Crippen molar-refractivity contribution in [3.63, 3.8) is 0 Å². The van der Waals surface area contributed by atoms with Crippen molar-refractivity contribution < 1.29 is 0 Å². The molecule has 5 aromatic carbocycles. The Bertz CT molecular complexity index is 2160. The third-order valence-electron chi connectivity index (χ3n) is 8.03. The Hall–Kier alpha value is -5.19. The van der Waals surface area contributed by atoms with Crippen molar-refractivity contribution in [2.75, 3.05) is 0 Å². The largest absolute Gasteiger partial charge is 0.235 e. The van der Waals surface area contributed by atoms with Gasteiger partial charge in [-0.25, -0.2) is 15.0 Å². The van der Waals surface area contributed by atoms with Crippen molar-refractivity contribution >= 4 is 32.3 Å². The van der Waals surface area contributed by atoms with Crippen molar-refractivity contribution in [3.8, 4) is 44.3 Å². The Labute approximate surface area is 254 Å². The molecule has 0 bridgehead atoms. The lowest BCUT2D eigenvalue weighted by molar-refractivity contribution is 0.811. The fourth-order valence-electron chi connectivity index (χ4n) is 5.78. The van der Waals surface area contributed by atoms with Crippen LogP contribution in [0.15, 0.2) is 146 Å². The zero-order chi connectivity index (χ0) is 28.6.